The Labute approximate surface area is 113 Å². The van der Waals surface area contributed by atoms with Crippen LogP contribution in [0.4, 0.5) is 0 Å². The Morgan fingerprint density at radius 3 is 2.32 bits per heavy atom. The molecule has 0 N–H and O–H groups in total. The molecule has 0 bridgehead atoms. The van der Waals surface area contributed by atoms with E-state index in [0.29, 0.717) is 0 Å². The van der Waals surface area contributed by atoms with Crippen molar-refractivity contribution in [3.8, 4) is 0 Å². The van der Waals surface area contributed by atoms with E-state index in [1.165, 1.54) is 0 Å². The van der Waals surface area contributed by atoms with Gasteiger partial charge < -0.3 is 13.8 Å². The molecule has 100 valence electrons. The lowest BCUT2D eigenvalue weighted by molar-refractivity contribution is 0.00578. The van der Waals surface area contributed by atoms with Crippen LogP contribution in [0.3, 0.4) is 0 Å². The summed E-state index contributed by atoms with van der Waals surface area (Å²) in [4.78, 5) is 0. The molecule has 1 fully saturated rings. The number of fused-ring (bicyclic) bond motifs is 1. The first-order chi connectivity index (χ1) is 8.80. The maximum Gasteiger partial charge on any atom is 0.494 e. The molecular weight excluding hydrogens is 241 g/mol. The van der Waals surface area contributed by atoms with E-state index in [1.54, 1.807) is 0 Å². The van der Waals surface area contributed by atoms with E-state index in [0.717, 1.165) is 22.1 Å². The summed E-state index contributed by atoms with van der Waals surface area (Å²) in [5.41, 5.74) is 2.02. The molecule has 0 spiro atoms. The van der Waals surface area contributed by atoms with Gasteiger partial charge in [-0.05, 0) is 52.2 Å². The van der Waals surface area contributed by atoms with Crippen molar-refractivity contribution in [1.82, 2.24) is 5.16 Å². The fraction of sp³-hybridized carbons (Fsp3) is 0.500. The van der Waals surface area contributed by atoms with Gasteiger partial charge >= 0.3 is 7.12 Å². The Morgan fingerprint density at radius 2 is 1.68 bits per heavy atom. The highest BCUT2D eigenvalue weighted by Gasteiger charge is 2.51. The van der Waals surface area contributed by atoms with E-state index in [2.05, 4.69) is 32.9 Å². The van der Waals surface area contributed by atoms with Gasteiger partial charge in [-0.2, -0.15) is 0 Å². The summed E-state index contributed by atoms with van der Waals surface area (Å²) in [7, 11) is -0.344. The predicted molar refractivity (Wildman–Crippen MR) is 74.5 cm³/mol. The van der Waals surface area contributed by atoms with E-state index in [-0.39, 0.29) is 18.3 Å². The predicted octanol–water partition coefficient (Wildman–Crippen LogP) is 2.44. The third-order valence-electron chi connectivity index (χ3n) is 4.20. The summed E-state index contributed by atoms with van der Waals surface area (Å²) in [5, 5.41) is 4.97. The molecule has 3 rings (SSSR count). The molecular formula is C14H18BNO3. The SMILES string of the molecule is Cc1noc2ccc(B3OC(C)(C)C(C)(C)O3)cc12. The van der Waals surface area contributed by atoms with Crippen LogP contribution in [0.1, 0.15) is 33.4 Å². The fourth-order valence-electron chi connectivity index (χ4n) is 2.20. The fourth-order valence-corrected chi connectivity index (χ4v) is 2.20. The van der Waals surface area contributed by atoms with Crippen molar-refractivity contribution < 1.29 is 13.8 Å². The highest BCUT2D eigenvalue weighted by atomic mass is 16.7. The van der Waals surface area contributed by atoms with Gasteiger partial charge in [-0.1, -0.05) is 11.2 Å². The Hall–Kier alpha value is -1.33. The van der Waals surface area contributed by atoms with Crippen molar-refractivity contribution in [3.05, 3.63) is 23.9 Å². The number of benzene rings is 1. The highest BCUT2D eigenvalue weighted by Crippen LogP contribution is 2.36. The van der Waals surface area contributed by atoms with Gasteiger partial charge in [0.25, 0.3) is 0 Å². The minimum absolute atomic E-state index is 0.323. The van der Waals surface area contributed by atoms with Crippen molar-refractivity contribution in [2.45, 2.75) is 45.8 Å². The lowest BCUT2D eigenvalue weighted by Crippen LogP contribution is -2.41. The second-order valence-electron chi connectivity index (χ2n) is 6.11. The van der Waals surface area contributed by atoms with Crippen LogP contribution in [-0.4, -0.2) is 23.5 Å². The quantitative estimate of drug-likeness (QED) is 0.738. The van der Waals surface area contributed by atoms with Gasteiger partial charge in [-0.15, -0.1) is 0 Å². The first-order valence-corrected chi connectivity index (χ1v) is 6.52. The Balaban J connectivity index is 2.00. The molecule has 5 heteroatoms. The zero-order valence-corrected chi connectivity index (χ0v) is 12.0. The van der Waals surface area contributed by atoms with E-state index >= 15 is 0 Å². The summed E-state index contributed by atoms with van der Waals surface area (Å²) in [6.45, 7) is 10.1. The topological polar surface area (TPSA) is 44.5 Å². The molecule has 1 aliphatic heterocycles. The number of aryl methyl sites for hydroxylation is 1. The van der Waals surface area contributed by atoms with Crippen LogP contribution < -0.4 is 5.46 Å². The van der Waals surface area contributed by atoms with Crippen LogP contribution in [0.5, 0.6) is 0 Å². The van der Waals surface area contributed by atoms with Crippen LogP contribution in [-0.2, 0) is 9.31 Å². The van der Waals surface area contributed by atoms with Gasteiger partial charge in [0.1, 0.15) is 0 Å². The van der Waals surface area contributed by atoms with E-state index in [1.807, 2.05) is 25.1 Å². The number of aromatic nitrogens is 1. The Kier molecular flexibility index (Phi) is 2.56. The molecule has 1 aromatic carbocycles. The van der Waals surface area contributed by atoms with Crippen LogP contribution in [0.15, 0.2) is 22.7 Å². The molecule has 0 radical (unpaired) electrons. The standard InChI is InChI=1S/C14H18BNO3/c1-9-11-8-10(6-7-12(11)17-16-9)15-18-13(2,3)14(4,5)19-15/h6-8H,1-5H3. The summed E-state index contributed by atoms with van der Waals surface area (Å²) in [6, 6.07) is 5.91. The average molecular weight is 259 g/mol. The van der Waals surface area contributed by atoms with Crippen LogP contribution >= 0.6 is 0 Å². The zero-order valence-electron chi connectivity index (χ0n) is 12.0. The summed E-state index contributed by atoms with van der Waals surface area (Å²) >= 11 is 0. The minimum Gasteiger partial charge on any atom is -0.399 e. The zero-order chi connectivity index (χ0) is 13.8. The molecule has 1 saturated heterocycles. The molecule has 1 aromatic heterocycles. The van der Waals surface area contributed by atoms with Crippen LogP contribution in [0.2, 0.25) is 0 Å². The number of hydrogen-bond donors (Lipinski definition) is 0. The minimum atomic E-state index is -0.344. The number of nitrogens with zero attached hydrogens (tertiary/aromatic N) is 1. The molecule has 0 aliphatic carbocycles. The van der Waals surface area contributed by atoms with Crippen molar-refractivity contribution >= 4 is 23.6 Å². The average Bonchev–Trinajstić information content (AvgIpc) is 2.78. The molecule has 0 saturated carbocycles. The van der Waals surface area contributed by atoms with Gasteiger partial charge in [0.15, 0.2) is 5.58 Å². The second-order valence-corrected chi connectivity index (χ2v) is 6.11. The lowest BCUT2D eigenvalue weighted by Gasteiger charge is -2.32. The first kappa shape index (κ1) is 12.7. The molecule has 4 nitrogen and oxygen atoms in total. The summed E-state index contributed by atoms with van der Waals surface area (Å²) in [6.07, 6.45) is 0. The summed E-state index contributed by atoms with van der Waals surface area (Å²) < 4.78 is 17.3. The highest BCUT2D eigenvalue weighted by molar-refractivity contribution is 6.62. The number of rotatable bonds is 1. The van der Waals surface area contributed by atoms with Crippen molar-refractivity contribution in [1.29, 1.82) is 0 Å². The first-order valence-electron chi connectivity index (χ1n) is 6.52. The van der Waals surface area contributed by atoms with Gasteiger partial charge in [0, 0.05) is 5.39 Å². The van der Waals surface area contributed by atoms with Crippen LogP contribution in [0, 0.1) is 6.92 Å². The van der Waals surface area contributed by atoms with E-state index < -0.39 is 0 Å². The van der Waals surface area contributed by atoms with Gasteiger partial charge in [-0.3, -0.25) is 0 Å². The monoisotopic (exact) mass is 259 g/mol. The van der Waals surface area contributed by atoms with Crippen molar-refractivity contribution in [2.75, 3.05) is 0 Å². The molecule has 19 heavy (non-hydrogen) atoms. The third kappa shape index (κ3) is 1.88. The van der Waals surface area contributed by atoms with Crippen molar-refractivity contribution in [2.24, 2.45) is 0 Å². The van der Waals surface area contributed by atoms with E-state index in [9.17, 15) is 0 Å². The Bertz CT molecular complexity index is 617. The molecule has 0 atom stereocenters. The summed E-state index contributed by atoms with van der Waals surface area (Å²) in [5.74, 6) is 0. The van der Waals surface area contributed by atoms with Gasteiger partial charge in [0.05, 0.1) is 16.9 Å². The van der Waals surface area contributed by atoms with Crippen LogP contribution in [0.25, 0.3) is 11.0 Å². The molecule has 0 unspecified atom stereocenters. The second kappa shape index (κ2) is 3.84. The Morgan fingerprint density at radius 1 is 1.05 bits per heavy atom. The molecule has 2 aromatic rings. The maximum absolute atomic E-state index is 6.04. The number of hydrogen-bond acceptors (Lipinski definition) is 4. The lowest BCUT2D eigenvalue weighted by atomic mass is 9.78. The maximum atomic E-state index is 6.04. The largest absolute Gasteiger partial charge is 0.494 e. The van der Waals surface area contributed by atoms with E-state index in [4.69, 9.17) is 13.8 Å². The van der Waals surface area contributed by atoms with Gasteiger partial charge in [-0.25, -0.2) is 0 Å². The molecule has 2 heterocycles. The molecule has 0 amide bonds. The normalized spacial score (nSPS) is 21.2. The third-order valence-corrected chi connectivity index (χ3v) is 4.20. The molecule has 1 aliphatic rings. The smallest absolute Gasteiger partial charge is 0.399 e. The van der Waals surface area contributed by atoms with Gasteiger partial charge in [0.2, 0.25) is 0 Å². The van der Waals surface area contributed by atoms with Crippen molar-refractivity contribution in [3.63, 3.8) is 0 Å².